The number of benzene rings is 1. The number of hydrogen-bond donors (Lipinski definition) is 1. The number of amides is 1. The molecule has 0 aliphatic carbocycles. The number of anilines is 1. The van der Waals surface area contributed by atoms with Crippen LogP contribution in [0.1, 0.15) is 46.6 Å². The maximum absolute atomic E-state index is 13.2. The third-order valence-corrected chi connectivity index (χ3v) is 5.70. The zero-order chi connectivity index (χ0) is 21.1. The molecule has 0 unspecified atom stereocenters. The van der Waals surface area contributed by atoms with Gasteiger partial charge in [-0.1, -0.05) is 6.07 Å². The normalized spacial score (nSPS) is 14.0. The highest BCUT2D eigenvalue weighted by molar-refractivity contribution is 5.95. The van der Waals surface area contributed by atoms with Crippen LogP contribution in [0, 0.1) is 19.7 Å². The zero-order valence-corrected chi connectivity index (χ0v) is 17.5. The average Bonchev–Trinajstić information content (AvgIpc) is 3.08. The highest BCUT2D eigenvalue weighted by Crippen LogP contribution is 2.21. The van der Waals surface area contributed by atoms with Gasteiger partial charge in [0.25, 0.3) is 5.91 Å². The van der Waals surface area contributed by atoms with Crippen LogP contribution in [-0.4, -0.2) is 28.5 Å². The van der Waals surface area contributed by atoms with E-state index in [-0.39, 0.29) is 11.7 Å². The van der Waals surface area contributed by atoms with Crippen LogP contribution < -0.4 is 10.2 Å². The van der Waals surface area contributed by atoms with E-state index >= 15 is 0 Å². The Morgan fingerprint density at radius 1 is 1.07 bits per heavy atom. The molecule has 1 amide bonds. The van der Waals surface area contributed by atoms with Gasteiger partial charge in [0.05, 0.1) is 5.56 Å². The minimum Gasteiger partial charge on any atom is -0.357 e. The minimum absolute atomic E-state index is 0.128. The van der Waals surface area contributed by atoms with Crippen molar-refractivity contribution < 1.29 is 9.18 Å². The number of nitrogens with zero attached hydrogens (tertiary/aromatic N) is 3. The van der Waals surface area contributed by atoms with E-state index in [0.29, 0.717) is 12.1 Å². The third kappa shape index (κ3) is 4.22. The molecule has 1 N–H and O–H groups in total. The first kappa shape index (κ1) is 20.1. The molecule has 1 aromatic carbocycles. The molecule has 4 rings (SSSR count). The summed E-state index contributed by atoms with van der Waals surface area (Å²) in [7, 11) is 0. The largest absolute Gasteiger partial charge is 0.357 e. The van der Waals surface area contributed by atoms with Gasteiger partial charge in [-0.25, -0.2) is 9.37 Å². The number of aromatic nitrogens is 2. The smallest absolute Gasteiger partial charge is 0.253 e. The summed E-state index contributed by atoms with van der Waals surface area (Å²) in [6.07, 6.45) is 5.57. The molecule has 1 aliphatic heterocycles. The molecule has 0 radical (unpaired) electrons. The van der Waals surface area contributed by atoms with Gasteiger partial charge in [-0.05, 0) is 75.1 Å². The van der Waals surface area contributed by atoms with E-state index in [1.807, 2.05) is 42.8 Å². The highest BCUT2D eigenvalue weighted by atomic mass is 19.1. The summed E-state index contributed by atoms with van der Waals surface area (Å²) in [4.78, 5) is 19.7. The lowest BCUT2D eigenvalue weighted by molar-refractivity contribution is 0.0950. The molecular formula is C24H27FN4O. The molecule has 0 spiro atoms. The van der Waals surface area contributed by atoms with Gasteiger partial charge in [0, 0.05) is 42.9 Å². The Morgan fingerprint density at radius 2 is 1.80 bits per heavy atom. The van der Waals surface area contributed by atoms with Crippen molar-refractivity contribution in [2.75, 3.05) is 18.0 Å². The van der Waals surface area contributed by atoms with Crippen molar-refractivity contribution in [2.45, 2.75) is 39.7 Å². The second kappa shape index (κ2) is 8.69. The van der Waals surface area contributed by atoms with Crippen LogP contribution in [0.3, 0.4) is 0 Å². The van der Waals surface area contributed by atoms with Crippen LogP contribution in [0.4, 0.5) is 10.2 Å². The Morgan fingerprint density at radius 3 is 2.47 bits per heavy atom. The summed E-state index contributed by atoms with van der Waals surface area (Å²) in [5, 5.41) is 2.99. The number of carbonyl (C=O) groups is 1. The van der Waals surface area contributed by atoms with Gasteiger partial charge in [-0.3, -0.25) is 4.79 Å². The number of piperidine rings is 1. The molecule has 1 fully saturated rings. The lowest BCUT2D eigenvalue weighted by Crippen LogP contribution is -2.30. The second-order valence-electron chi connectivity index (χ2n) is 7.85. The first-order chi connectivity index (χ1) is 14.5. The van der Waals surface area contributed by atoms with Crippen molar-refractivity contribution in [2.24, 2.45) is 0 Å². The monoisotopic (exact) mass is 406 g/mol. The van der Waals surface area contributed by atoms with E-state index in [0.717, 1.165) is 41.5 Å². The van der Waals surface area contributed by atoms with Gasteiger partial charge < -0.3 is 14.8 Å². The Bertz CT molecular complexity index is 1020. The predicted molar refractivity (Wildman–Crippen MR) is 117 cm³/mol. The lowest BCUT2D eigenvalue weighted by Gasteiger charge is -2.27. The number of carbonyl (C=O) groups excluding carboxylic acids is 1. The topological polar surface area (TPSA) is 50.2 Å². The SMILES string of the molecule is Cc1cc(C(=O)NCc2ccc(N3CCCCC3)nc2)c(C)n1-c1ccc(F)cc1. The lowest BCUT2D eigenvalue weighted by atomic mass is 10.1. The van der Waals surface area contributed by atoms with E-state index in [9.17, 15) is 9.18 Å². The Labute approximate surface area is 176 Å². The first-order valence-corrected chi connectivity index (χ1v) is 10.5. The zero-order valence-electron chi connectivity index (χ0n) is 17.5. The van der Waals surface area contributed by atoms with Gasteiger partial charge >= 0.3 is 0 Å². The van der Waals surface area contributed by atoms with Crippen molar-refractivity contribution in [1.29, 1.82) is 0 Å². The quantitative estimate of drug-likeness (QED) is 0.676. The standard InChI is InChI=1S/C24H27FN4O/c1-17-14-22(18(2)29(17)21-9-7-20(25)8-10-21)24(30)27-16-19-6-11-23(26-15-19)28-12-4-3-5-13-28/h6-11,14-15H,3-5,12-13,16H2,1-2H3,(H,27,30). The molecule has 1 aliphatic rings. The summed E-state index contributed by atoms with van der Waals surface area (Å²) in [5.74, 6) is 0.600. The summed E-state index contributed by atoms with van der Waals surface area (Å²) in [5.41, 5.74) is 4.18. The van der Waals surface area contributed by atoms with Gasteiger partial charge in [0.15, 0.2) is 0 Å². The van der Waals surface area contributed by atoms with Crippen molar-refractivity contribution in [1.82, 2.24) is 14.9 Å². The fourth-order valence-electron chi connectivity index (χ4n) is 4.09. The molecule has 3 aromatic rings. The van der Waals surface area contributed by atoms with Crippen LogP contribution in [0.25, 0.3) is 5.69 Å². The van der Waals surface area contributed by atoms with Crippen molar-refractivity contribution >= 4 is 11.7 Å². The van der Waals surface area contributed by atoms with Crippen LogP contribution in [0.5, 0.6) is 0 Å². The maximum Gasteiger partial charge on any atom is 0.253 e. The molecule has 0 atom stereocenters. The van der Waals surface area contributed by atoms with Crippen LogP contribution in [0.2, 0.25) is 0 Å². The van der Waals surface area contributed by atoms with Crippen molar-refractivity contribution in [3.63, 3.8) is 0 Å². The van der Waals surface area contributed by atoms with E-state index in [1.54, 1.807) is 12.1 Å². The average molecular weight is 407 g/mol. The molecule has 5 nitrogen and oxygen atoms in total. The van der Waals surface area contributed by atoms with Crippen LogP contribution in [-0.2, 0) is 6.54 Å². The van der Waals surface area contributed by atoms with Gasteiger partial charge in [0.2, 0.25) is 0 Å². The maximum atomic E-state index is 13.2. The third-order valence-electron chi connectivity index (χ3n) is 5.70. The molecule has 1 saturated heterocycles. The number of hydrogen-bond acceptors (Lipinski definition) is 3. The number of rotatable bonds is 5. The molecule has 3 heterocycles. The Kier molecular flexibility index (Phi) is 5.84. The first-order valence-electron chi connectivity index (χ1n) is 10.5. The van der Waals surface area contributed by atoms with E-state index < -0.39 is 0 Å². The molecule has 156 valence electrons. The second-order valence-corrected chi connectivity index (χ2v) is 7.85. The van der Waals surface area contributed by atoms with E-state index in [1.165, 1.54) is 31.4 Å². The van der Waals surface area contributed by atoms with Crippen LogP contribution in [0.15, 0.2) is 48.7 Å². The summed E-state index contributed by atoms with van der Waals surface area (Å²) in [6.45, 7) is 6.39. The molecule has 0 saturated carbocycles. The highest BCUT2D eigenvalue weighted by Gasteiger charge is 2.17. The summed E-state index contributed by atoms with van der Waals surface area (Å²) < 4.78 is 15.2. The minimum atomic E-state index is -0.279. The molecular weight excluding hydrogens is 379 g/mol. The summed E-state index contributed by atoms with van der Waals surface area (Å²) >= 11 is 0. The fraction of sp³-hybridized carbons (Fsp3) is 0.333. The molecule has 0 bridgehead atoms. The number of pyridine rings is 1. The molecule has 30 heavy (non-hydrogen) atoms. The predicted octanol–water partition coefficient (Wildman–Crippen LogP) is 4.55. The molecule has 2 aromatic heterocycles. The van der Waals surface area contributed by atoms with Crippen molar-refractivity contribution in [3.8, 4) is 5.69 Å². The van der Waals surface area contributed by atoms with Gasteiger partial charge in [0.1, 0.15) is 11.6 Å². The Balaban J connectivity index is 1.43. The van der Waals surface area contributed by atoms with Gasteiger partial charge in [-0.15, -0.1) is 0 Å². The molecule has 6 heteroatoms. The summed E-state index contributed by atoms with van der Waals surface area (Å²) in [6, 6.07) is 12.2. The van der Waals surface area contributed by atoms with Crippen molar-refractivity contribution in [3.05, 3.63) is 77.0 Å². The van der Waals surface area contributed by atoms with Crippen LogP contribution >= 0.6 is 0 Å². The number of aryl methyl sites for hydroxylation is 1. The Hall–Kier alpha value is -3.15. The fourth-order valence-corrected chi connectivity index (χ4v) is 4.09. The number of halogens is 1. The van der Waals surface area contributed by atoms with Gasteiger partial charge in [-0.2, -0.15) is 0 Å². The van der Waals surface area contributed by atoms with E-state index in [4.69, 9.17) is 0 Å². The number of nitrogens with one attached hydrogen (secondary N) is 1. The van der Waals surface area contributed by atoms with E-state index in [2.05, 4.69) is 15.2 Å².